The third kappa shape index (κ3) is 4.32. The molecule has 0 radical (unpaired) electrons. The molecule has 2 aromatic carbocycles. The van der Waals surface area contributed by atoms with Crippen molar-refractivity contribution in [3.05, 3.63) is 72.8 Å². The fourth-order valence-electron chi connectivity index (χ4n) is 4.11. The molecule has 0 saturated carbocycles. The van der Waals surface area contributed by atoms with Gasteiger partial charge in [0.15, 0.2) is 5.82 Å². The van der Waals surface area contributed by atoms with Crippen LogP contribution in [-0.4, -0.2) is 45.1 Å². The van der Waals surface area contributed by atoms with E-state index < -0.39 is 0 Å². The first-order chi connectivity index (χ1) is 15.8. The quantitative estimate of drug-likeness (QED) is 0.454. The van der Waals surface area contributed by atoms with E-state index in [2.05, 4.69) is 27.3 Å². The van der Waals surface area contributed by atoms with Crippen molar-refractivity contribution in [1.82, 2.24) is 24.8 Å². The standard InChI is InChI=1S/C25H26N6O/c32-25(27-11-6-13-30-16-12-26-18-30)20-9-10-21-22(17-20)29-24(31-14-4-5-15-31)23(28-21)19-7-2-1-3-8-19/h1-3,7-10,12,16-18H,4-6,11,13-15H2,(H,27,32). The van der Waals surface area contributed by atoms with E-state index >= 15 is 0 Å². The van der Waals surface area contributed by atoms with Crippen molar-refractivity contribution >= 4 is 22.8 Å². The van der Waals surface area contributed by atoms with E-state index in [0.717, 1.165) is 67.0 Å². The molecule has 0 aliphatic carbocycles. The van der Waals surface area contributed by atoms with Crippen LogP contribution in [0.25, 0.3) is 22.3 Å². The maximum absolute atomic E-state index is 12.7. The smallest absolute Gasteiger partial charge is 0.251 e. The number of amides is 1. The van der Waals surface area contributed by atoms with Crippen molar-refractivity contribution in [2.45, 2.75) is 25.8 Å². The Morgan fingerprint density at radius 1 is 1.00 bits per heavy atom. The summed E-state index contributed by atoms with van der Waals surface area (Å²) in [5, 5.41) is 3.00. The van der Waals surface area contributed by atoms with Gasteiger partial charge in [-0.25, -0.2) is 15.0 Å². The summed E-state index contributed by atoms with van der Waals surface area (Å²) in [5.74, 6) is 0.813. The van der Waals surface area contributed by atoms with E-state index in [9.17, 15) is 4.79 Å². The van der Waals surface area contributed by atoms with Crippen LogP contribution in [-0.2, 0) is 6.54 Å². The molecule has 1 fully saturated rings. The van der Waals surface area contributed by atoms with Crippen LogP contribution in [0.1, 0.15) is 29.6 Å². The molecule has 0 spiro atoms. The molecule has 2 aromatic heterocycles. The summed E-state index contributed by atoms with van der Waals surface area (Å²) >= 11 is 0. The first kappa shape index (κ1) is 20.2. The summed E-state index contributed by atoms with van der Waals surface area (Å²) in [5.41, 5.74) is 4.11. The summed E-state index contributed by atoms with van der Waals surface area (Å²) in [7, 11) is 0. The maximum atomic E-state index is 12.7. The molecule has 4 aromatic rings. The summed E-state index contributed by atoms with van der Waals surface area (Å²) in [6, 6.07) is 15.8. The van der Waals surface area contributed by atoms with Crippen LogP contribution in [0.4, 0.5) is 5.82 Å². The topological polar surface area (TPSA) is 75.9 Å². The average molecular weight is 427 g/mol. The van der Waals surface area contributed by atoms with Crippen LogP contribution in [0.5, 0.6) is 0 Å². The minimum atomic E-state index is -0.0887. The zero-order valence-electron chi connectivity index (χ0n) is 17.9. The van der Waals surface area contributed by atoms with Crippen LogP contribution in [0.15, 0.2) is 67.3 Å². The molecule has 1 aliphatic heterocycles. The van der Waals surface area contributed by atoms with Crippen molar-refractivity contribution in [2.24, 2.45) is 0 Å². The number of anilines is 1. The SMILES string of the molecule is O=C(NCCCn1ccnc1)c1ccc2nc(-c3ccccc3)c(N3CCCC3)nc2c1. The molecular formula is C25H26N6O. The van der Waals surface area contributed by atoms with Gasteiger partial charge in [-0.1, -0.05) is 30.3 Å². The Kier molecular flexibility index (Phi) is 5.79. The fraction of sp³-hybridized carbons (Fsp3) is 0.280. The number of nitrogens with zero attached hydrogens (tertiary/aromatic N) is 5. The van der Waals surface area contributed by atoms with Crippen molar-refractivity contribution in [3.63, 3.8) is 0 Å². The zero-order valence-corrected chi connectivity index (χ0v) is 17.9. The summed E-state index contributed by atoms with van der Waals surface area (Å²) in [6.45, 7) is 3.39. The molecule has 0 atom stereocenters. The second kappa shape index (κ2) is 9.18. The lowest BCUT2D eigenvalue weighted by Crippen LogP contribution is -2.25. The van der Waals surface area contributed by atoms with Gasteiger partial charge in [-0.2, -0.15) is 0 Å². The molecule has 1 saturated heterocycles. The molecule has 1 N–H and O–H groups in total. The van der Waals surface area contributed by atoms with Crippen molar-refractivity contribution in [3.8, 4) is 11.3 Å². The Morgan fingerprint density at radius 3 is 2.62 bits per heavy atom. The maximum Gasteiger partial charge on any atom is 0.251 e. The highest BCUT2D eigenvalue weighted by molar-refractivity contribution is 5.97. The number of rotatable bonds is 7. The highest BCUT2D eigenvalue weighted by atomic mass is 16.1. The van der Waals surface area contributed by atoms with Gasteiger partial charge in [0, 0.05) is 49.7 Å². The van der Waals surface area contributed by atoms with Crippen molar-refractivity contribution in [1.29, 1.82) is 0 Å². The van der Waals surface area contributed by atoms with Crippen molar-refractivity contribution < 1.29 is 4.79 Å². The minimum absolute atomic E-state index is 0.0887. The number of imidazole rings is 1. The Hall–Kier alpha value is -3.74. The molecule has 7 nitrogen and oxygen atoms in total. The van der Waals surface area contributed by atoms with Gasteiger partial charge >= 0.3 is 0 Å². The van der Waals surface area contributed by atoms with E-state index in [1.165, 1.54) is 0 Å². The number of benzene rings is 2. The van der Waals surface area contributed by atoms with E-state index in [0.29, 0.717) is 12.1 Å². The van der Waals surface area contributed by atoms with Crippen LogP contribution in [0, 0.1) is 0 Å². The second-order valence-corrected chi connectivity index (χ2v) is 8.07. The molecular weight excluding hydrogens is 400 g/mol. The first-order valence-corrected chi connectivity index (χ1v) is 11.1. The molecule has 1 amide bonds. The lowest BCUT2D eigenvalue weighted by Gasteiger charge is -2.20. The number of carbonyl (C=O) groups is 1. The molecule has 3 heterocycles. The first-order valence-electron chi connectivity index (χ1n) is 11.1. The van der Waals surface area contributed by atoms with Gasteiger partial charge in [0.2, 0.25) is 0 Å². The number of aryl methyl sites for hydroxylation is 1. The number of nitrogens with one attached hydrogen (secondary N) is 1. The number of carbonyl (C=O) groups excluding carboxylic acids is 1. The fourth-order valence-corrected chi connectivity index (χ4v) is 4.11. The minimum Gasteiger partial charge on any atom is -0.355 e. The number of hydrogen-bond donors (Lipinski definition) is 1. The van der Waals surface area contributed by atoms with Gasteiger partial charge in [0.1, 0.15) is 5.69 Å². The molecule has 7 heteroatoms. The van der Waals surface area contributed by atoms with Crippen LogP contribution in [0.2, 0.25) is 0 Å². The predicted octanol–water partition coefficient (Wildman–Crippen LogP) is 3.91. The van der Waals surface area contributed by atoms with Gasteiger partial charge in [-0.05, 0) is 37.5 Å². The van der Waals surface area contributed by atoms with Crippen LogP contribution >= 0.6 is 0 Å². The predicted molar refractivity (Wildman–Crippen MR) is 126 cm³/mol. The Morgan fingerprint density at radius 2 is 1.84 bits per heavy atom. The number of fused-ring (bicyclic) bond motifs is 1. The van der Waals surface area contributed by atoms with Crippen LogP contribution in [0.3, 0.4) is 0 Å². The Labute approximate surface area is 187 Å². The van der Waals surface area contributed by atoms with Gasteiger partial charge < -0.3 is 14.8 Å². The van der Waals surface area contributed by atoms with Gasteiger partial charge in [-0.15, -0.1) is 0 Å². The number of hydrogen-bond acceptors (Lipinski definition) is 5. The largest absolute Gasteiger partial charge is 0.355 e. The van der Waals surface area contributed by atoms with Crippen LogP contribution < -0.4 is 10.2 Å². The third-order valence-corrected chi connectivity index (χ3v) is 5.80. The molecule has 0 unspecified atom stereocenters. The van der Waals surface area contributed by atoms with Gasteiger partial charge in [-0.3, -0.25) is 4.79 Å². The van der Waals surface area contributed by atoms with Gasteiger partial charge in [0.25, 0.3) is 5.91 Å². The highest BCUT2D eigenvalue weighted by Crippen LogP contribution is 2.31. The molecule has 0 bridgehead atoms. The molecule has 162 valence electrons. The molecule has 32 heavy (non-hydrogen) atoms. The second-order valence-electron chi connectivity index (χ2n) is 8.07. The summed E-state index contributed by atoms with van der Waals surface area (Å²) in [4.78, 5) is 29.0. The Balaban J connectivity index is 1.38. The van der Waals surface area contributed by atoms with Gasteiger partial charge in [0.05, 0.1) is 17.4 Å². The van der Waals surface area contributed by atoms with Crippen molar-refractivity contribution in [2.75, 3.05) is 24.5 Å². The average Bonchev–Trinajstić information content (AvgIpc) is 3.56. The van der Waals surface area contributed by atoms with E-state index in [-0.39, 0.29) is 5.91 Å². The lowest BCUT2D eigenvalue weighted by atomic mass is 10.1. The highest BCUT2D eigenvalue weighted by Gasteiger charge is 2.20. The van der Waals surface area contributed by atoms with E-state index in [1.807, 2.05) is 47.2 Å². The zero-order chi connectivity index (χ0) is 21.8. The number of aromatic nitrogens is 4. The van der Waals surface area contributed by atoms with E-state index in [1.54, 1.807) is 12.5 Å². The normalized spacial score (nSPS) is 13.6. The third-order valence-electron chi connectivity index (χ3n) is 5.80. The lowest BCUT2D eigenvalue weighted by molar-refractivity contribution is 0.0953. The van der Waals surface area contributed by atoms with E-state index in [4.69, 9.17) is 9.97 Å². The monoisotopic (exact) mass is 426 g/mol. The Bertz CT molecular complexity index is 1200. The molecule has 5 rings (SSSR count). The molecule has 1 aliphatic rings. The summed E-state index contributed by atoms with van der Waals surface area (Å²) in [6.07, 6.45) is 8.63. The summed E-state index contributed by atoms with van der Waals surface area (Å²) < 4.78 is 2.00.